The SMILES string of the molecule is Cc1c(O)cccc1CCCN.c1cnnnc1. The summed E-state index contributed by atoms with van der Waals surface area (Å²) in [5, 5.41) is 19.5. The van der Waals surface area contributed by atoms with Crippen LogP contribution in [-0.2, 0) is 6.42 Å². The largest absolute Gasteiger partial charge is 0.508 e. The Morgan fingerprint density at radius 1 is 1.17 bits per heavy atom. The minimum Gasteiger partial charge on any atom is -0.508 e. The van der Waals surface area contributed by atoms with Crippen molar-refractivity contribution < 1.29 is 5.11 Å². The molecule has 0 aliphatic rings. The van der Waals surface area contributed by atoms with Gasteiger partial charge in [0.25, 0.3) is 0 Å². The standard InChI is InChI=1S/C10H15NO.C3H3N3/c1-8-9(5-3-7-11)4-2-6-10(8)12;1-2-4-6-5-3-1/h2,4,6,12H,3,5,7,11H2,1H3;1-3H. The van der Waals surface area contributed by atoms with Crippen LogP contribution in [0.1, 0.15) is 17.5 Å². The molecule has 0 saturated heterocycles. The van der Waals surface area contributed by atoms with E-state index in [-0.39, 0.29) is 0 Å². The van der Waals surface area contributed by atoms with Crippen LogP contribution in [0, 0.1) is 6.92 Å². The summed E-state index contributed by atoms with van der Waals surface area (Å²) in [5.74, 6) is 0.379. The van der Waals surface area contributed by atoms with Crippen LogP contribution in [0.5, 0.6) is 5.75 Å². The molecular formula is C13H18N4O. The predicted molar refractivity (Wildman–Crippen MR) is 70.0 cm³/mol. The lowest BCUT2D eigenvalue weighted by atomic mass is 10.0. The van der Waals surface area contributed by atoms with E-state index in [1.807, 2.05) is 19.1 Å². The van der Waals surface area contributed by atoms with Gasteiger partial charge in [0.1, 0.15) is 5.75 Å². The Kier molecular flexibility index (Phi) is 6.35. The second-order valence-electron chi connectivity index (χ2n) is 3.76. The molecule has 0 amide bonds. The molecule has 5 nitrogen and oxygen atoms in total. The maximum atomic E-state index is 9.37. The minimum atomic E-state index is 0.379. The van der Waals surface area contributed by atoms with E-state index in [9.17, 15) is 5.11 Å². The number of phenols is 1. The van der Waals surface area contributed by atoms with E-state index in [1.165, 1.54) is 5.56 Å². The van der Waals surface area contributed by atoms with Gasteiger partial charge >= 0.3 is 0 Å². The average Bonchev–Trinajstić information content (AvgIpc) is 2.43. The van der Waals surface area contributed by atoms with Crippen molar-refractivity contribution in [2.45, 2.75) is 19.8 Å². The number of phenolic OH excluding ortho intramolecular Hbond substituents is 1. The maximum Gasteiger partial charge on any atom is 0.118 e. The molecule has 0 fully saturated rings. The Morgan fingerprint density at radius 2 is 1.89 bits per heavy atom. The second kappa shape index (κ2) is 8.14. The van der Waals surface area contributed by atoms with Crippen LogP contribution < -0.4 is 5.73 Å². The van der Waals surface area contributed by atoms with Crippen LogP contribution in [0.25, 0.3) is 0 Å². The normalized spacial score (nSPS) is 9.44. The Bertz CT molecular complexity index is 421. The van der Waals surface area contributed by atoms with Crippen molar-refractivity contribution in [3.8, 4) is 5.75 Å². The molecule has 5 heteroatoms. The smallest absolute Gasteiger partial charge is 0.118 e. The highest BCUT2D eigenvalue weighted by atomic mass is 16.3. The van der Waals surface area contributed by atoms with Crippen LogP contribution in [0.4, 0.5) is 0 Å². The lowest BCUT2D eigenvalue weighted by Gasteiger charge is -2.05. The molecule has 0 radical (unpaired) electrons. The first kappa shape index (κ1) is 14.1. The van der Waals surface area contributed by atoms with Crippen LogP contribution in [0.15, 0.2) is 36.7 Å². The number of aromatic nitrogens is 3. The zero-order chi connectivity index (χ0) is 13.2. The van der Waals surface area contributed by atoms with Gasteiger partial charge in [0.05, 0.1) is 12.4 Å². The number of aryl methyl sites for hydroxylation is 1. The molecule has 0 aliphatic carbocycles. The van der Waals surface area contributed by atoms with E-state index >= 15 is 0 Å². The van der Waals surface area contributed by atoms with Crippen molar-refractivity contribution in [3.05, 3.63) is 47.8 Å². The fourth-order valence-corrected chi connectivity index (χ4v) is 1.44. The van der Waals surface area contributed by atoms with Gasteiger partial charge in [-0.25, -0.2) is 0 Å². The number of nitrogens with two attached hydrogens (primary N) is 1. The molecule has 18 heavy (non-hydrogen) atoms. The van der Waals surface area contributed by atoms with Gasteiger partial charge in [0, 0.05) is 0 Å². The van der Waals surface area contributed by atoms with E-state index in [0.717, 1.165) is 18.4 Å². The van der Waals surface area contributed by atoms with Crippen molar-refractivity contribution >= 4 is 0 Å². The monoisotopic (exact) mass is 246 g/mol. The molecule has 0 bridgehead atoms. The topological polar surface area (TPSA) is 84.9 Å². The summed E-state index contributed by atoms with van der Waals surface area (Å²) in [6.07, 6.45) is 5.08. The highest BCUT2D eigenvalue weighted by Gasteiger charge is 2.00. The predicted octanol–water partition coefficient (Wildman–Crippen LogP) is 1.46. The first-order valence-electron chi connectivity index (χ1n) is 5.81. The first-order chi connectivity index (χ1) is 8.75. The van der Waals surface area contributed by atoms with Gasteiger partial charge in [-0.3, -0.25) is 0 Å². The highest BCUT2D eigenvalue weighted by molar-refractivity contribution is 5.37. The molecule has 0 aliphatic heterocycles. The van der Waals surface area contributed by atoms with Crippen molar-refractivity contribution in [2.75, 3.05) is 6.54 Å². The third-order valence-electron chi connectivity index (χ3n) is 2.48. The van der Waals surface area contributed by atoms with Gasteiger partial charge in [-0.05, 0) is 54.8 Å². The van der Waals surface area contributed by atoms with E-state index in [0.29, 0.717) is 12.3 Å². The summed E-state index contributed by atoms with van der Waals surface area (Å²) in [6.45, 7) is 2.64. The van der Waals surface area contributed by atoms with Crippen LogP contribution >= 0.6 is 0 Å². The molecule has 1 aromatic carbocycles. The molecule has 0 atom stereocenters. The molecule has 0 spiro atoms. The number of hydrogen-bond donors (Lipinski definition) is 2. The van der Waals surface area contributed by atoms with Crippen molar-refractivity contribution in [1.82, 2.24) is 15.4 Å². The molecule has 96 valence electrons. The Balaban J connectivity index is 0.000000225. The van der Waals surface area contributed by atoms with E-state index in [4.69, 9.17) is 5.73 Å². The van der Waals surface area contributed by atoms with E-state index in [1.54, 1.807) is 24.5 Å². The molecule has 3 N–H and O–H groups in total. The summed E-state index contributed by atoms with van der Waals surface area (Å²) in [6, 6.07) is 7.33. The lowest BCUT2D eigenvalue weighted by Crippen LogP contribution is -2.01. The van der Waals surface area contributed by atoms with Gasteiger partial charge in [0.15, 0.2) is 0 Å². The number of nitrogens with zero attached hydrogens (tertiary/aromatic N) is 3. The molecule has 2 aromatic rings. The highest BCUT2D eigenvalue weighted by Crippen LogP contribution is 2.20. The molecule has 1 heterocycles. The van der Waals surface area contributed by atoms with Crippen LogP contribution in [0.3, 0.4) is 0 Å². The summed E-state index contributed by atoms with van der Waals surface area (Å²) in [7, 11) is 0. The first-order valence-corrected chi connectivity index (χ1v) is 5.81. The maximum absolute atomic E-state index is 9.37. The zero-order valence-electron chi connectivity index (χ0n) is 10.5. The lowest BCUT2D eigenvalue weighted by molar-refractivity contribution is 0.470. The third-order valence-corrected chi connectivity index (χ3v) is 2.48. The summed E-state index contributed by atoms with van der Waals surface area (Å²) < 4.78 is 0. The fourth-order valence-electron chi connectivity index (χ4n) is 1.44. The third kappa shape index (κ3) is 4.88. The molecular weight excluding hydrogens is 228 g/mol. The Labute approximate surface area is 107 Å². The Morgan fingerprint density at radius 3 is 2.39 bits per heavy atom. The minimum absolute atomic E-state index is 0.379. The van der Waals surface area contributed by atoms with Gasteiger partial charge in [-0.1, -0.05) is 12.1 Å². The van der Waals surface area contributed by atoms with Crippen molar-refractivity contribution in [2.24, 2.45) is 5.73 Å². The number of rotatable bonds is 3. The van der Waals surface area contributed by atoms with Crippen LogP contribution in [0.2, 0.25) is 0 Å². The van der Waals surface area contributed by atoms with Gasteiger partial charge in [0.2, 0.25) is 0 Å². The summed E-state index contributed by atoms with van der Waals surface area (Å²) in [4.78, 5) is 0. The van der Waals surface area contributed by atoms with Crippen molar-refractivity contribution in [1.29, 1.82) is 0 Å². The van der Waals surface area contributed by atoms with E-state index < -0.39 is 0 Å². The quantitative estimate of drug-likeness (QED) is 0.856. The van der Waals surface area contributed by atoms with Gasteiger partial charge in [-0.15, -0.1) is 10.2 Å². The molecule has 0 saturated carbocycles. The summed E-state index contributed by atoms with van der Waals surface area (Å²) >= 11 is 0. The molecule has 1 aromatic heterocycles. The number of aromatic hydroxyl groups is 1. The van der Waals surface area contributed by atoms with Crippen molar-refractivity contribution in [3.63, 3.8) is 0 Å². The van der Waals surface area contributed by atoms with Gasteiger partial charge < -0.3 is 10.8 Å². The second-order valence-corrected chi connectivity index (χ2v) is 3.76. The number of hydrogen-bond acceptors (Lipinski definition) is 5. The van der Waals surface area contributed by atoms with E-state index in [2.05, 4.69) is 15.4 Å². The summed E-state index contributed by atoms with van der Waals surface area (Å²) in [5.41, 5.74) is 7.57. The van der Waals surface area contributed by atoms with Crippen LogP contribution in [-0.4, -0.2) is 27.1 Å². The fraction of sp³-hybridized carbons (Fsp3) is 0.308. The number of benzene rings is 1. The zero-order valence-corrected chi connectivity index (χ0v) is 10.5. The molecule has 0 unspecified atom stereocenters. The van der Waals surface area contributed by atoms with Gasteiger partial charge in [-0.2, -0.15) is 0 Å². The average molecular weight is 246 g/mol. The Hall–Kier alpha value is -2.01. The molecule has 2 rings (SSSR count).